The molecule has 1 aromatic carbocycles. The van der Waals surface area contributed by atoms with Gasteiger partial charge in [-0.1, -0.05) is 6.07 Å². The van der Waals surface area contributed by atoms with Crippen molar-refractivity contribution in [1.29, 1.82) is 0 Å². The minimum atomic E-state index is -1.20. The van der Waals surface area contributed by atoms with E-state index in [9.17, 15) is 14.0 Å². The summed E-state index contributed by atoms with van der Waals surface area (Å²) in [6.07, 6.45) is 1.61. The van der Waals surface area contributed by atoms with Crippen molar-refractivity contribution < 1.29 is 19.0 Å². The Bertz CT molecular complexity index is 681. The van der Waals surface area contributed by atoms with E-state index in [1.165, 1.54) is 22.8 Å². The van der Waals surface area contributed by atoms with Crippen LogP contribution in [0.5, 0.6) is 5.75 Å². The van der Waals surface area contributed by atoms with Crippen molar-refractivity contribution in [3.8, 4) is 5.75 Å². The molecule has 2 aromatic rings. The van der Waals surface area contributed by atoms with Gasteiger partial charge in [-0.2, -0.15) is 0 Å². The predicted molar refractivity (Wildman–Crippen MR) is 69.6 cm³/mol. The third-order valence-electron chi connectivity index (χ3n) is 2.67. The van der Waals surface area contributed by atoms with E-state index >= 15 is 0 Å². The SMILES string of the molecule is O=C(O)c1ccc(OCCn2ccccc2=O)c(F)c1. The number of carboxylic acid groups (broad SMARTS) is 1. The van der Waals surface area contributed by atoms with Gasteiger partial charge in [-0.25, -0.2) is 9.18 Å². The van der Waals surface area contributed by atoms with Crippen LogP contribution in [-0.4, -0.2) is 22.2 Å². The Morgan fingerprint density at radius 3 is 2.75 bits per heavy atom. The molecule has 0 saturated carbocycles. The highest BCUT2D eigenvalue weighted by atomic mass is 19.1. The van der Waals surface area contributed by atoms with Crippen LogP contribution in [0.4, 0.5) is 4.39 Å². The molecule has 104 valence electrons. The van der Waals surface area contributed by atoms with E-state index < -0.39 is 11.8 Å². The van der Waals surface area contributed by atoms with E-state index in [0.29, 0.717) is 0 Å². The summed E-state index contributed by atoms with van der Waals surface area (Å²) in [6.45, 7) is 0.382. The van der Waals surface area contributed by atoms with Gasteiger partial charge in [0.15, 0.2) is 11.6 Å². The van der Waals surface area contributed by atoms with Crippen LogP contribution >= 0.6 is 0 Å². The van der Waals surface area contributed by atoms with Crippen molar-refractivity contribution in [2.45, 2.75) is 6.54 Å². The number of ether oxygens (including phenoxy) is 1. The maximum Gasteiger partial charge on any atom is 0.335 e. The molecule has 0 radical (unpaired) electrons. The second-order valence-electron chi connectivity index (χ2n) is 4.03. The van der Waals surface area contributed by atoms with Gasteiger partial charge in [-0.3, -0.25) is 4.79 Å². The molecule has 0 saturated heterocycles. The average molecular weight is 277 g/mol. The molecule has 0 spiro atoms. The molecule has 2 rings (SSSR count). The highest BCUT2D eigenvalue weighted by Gasteiger charge is 2.09. The first kappa shape index (κ1) is 13.8. The first-order valence-corrected chi connectivity index (χ1v) is 5.89. The van der Waals surface area contributed by atoms with E-state index in [-0.39, 0.29) is 30.0 Å². The van der Waals surface area contributed by atoms with Crippen LogP contribution in [0.3, 0.4) is 0 Å². The fraction of sp³-hybridized carbons (Fsp3) is 0.143. The number of nitrogens with zero attached hydrogens (tertiary/aromatic N) is 1. The number of rotatable bonds is 5. The quantitative estimate of drug-likeness (QED) is 0.904. The summed E-state index contributed by atoms with van der Waals surface area (Å²) in [4.78, 5) is 22.1. The van der Waals surface area contributed by atoms with Crippen LogP contribution in [0.25, 0.3) is 0 Å². The second-order valence-corrected chi connectivity index (χ2v) is 4.03. The van der Waals surface area contributed by atoms with Gasteiger partial charge in [0, 0.05) is 12.3 Å². The van der Waals surface area contributed by atoms with Crippen molar-refractivity contribution in [2.75, 3.05) is 6.61 Å². The lowest BCUT2D eigenvalue weighted by Crippen LogP contribution is -2.21. The zero-order valence-electron chi connectivity index (χ0n) is 10.5. The number of aromatic nitrogens is 1. The molecule has 0 aliphatic rings. The summed E-state index contributed by atoms with van der Waals surface area (Å²) >= 11 is 0. The normalized spacial score (nSPS) is 10.2. The molecule has 1 aromatic heterocycles. The molecular formula is C14H12FNO4. The van der Waals surface area contributed by atoms with Crippen LogP contribution in [0.15, 0.2) is 47.4 Å². The van der Waals surface area contributed by atoms with Crippen molar-refractivity contribution in [3.05, 3.63) is 64.3 Å². The van der Waals surface area contributed by atoms with Crippen molar-refractivity contribution in [1.82, 2.24) is 4.57 Å². The van der Waals surface area contributed by atoms with Gasteiger partial charge in [-0.15, -0.1) is 0 Å². The Labute approximate surface area is 113 Å². The number of pyridine rings is 1. The Balaban J connectivity index is 2.00. The standard InChI is InChI=1S/C14H12FNO4/c15-11-9-10(14(18)19)4-5-12(11)20-8-7-16-6-2-1-3-13(16)17/h1-6,9H,7-8H2,(H,18,19). The molecule has 0 atom stereocenters. The summed E-state index contributed by atoms with van der Waals surface area (Å²) in [7, 11) is 0. The van der Waals surface area contributed by atoms with Crippen LogP contribution in [0, 0.1) is 5.82 Å². The van der Waals surface area contributed by atoms with E-state index in [1.54, 1.807) is 18.3 Å². The minimum Gasteiger partial charge on any atom is -0.489 e. The minimum absolute atomic E-state index is 0.0426. The highest BCUT2D eigenvalue weighted by molar-refractivity contribution is 5.87. The molecule has 1 N–H and O–H groups in total. The van der Waals surface area contributed by atoms with Gasteiger partial charge in [0.05, 0.1) is 12.1 Å². The number of halogens is 1. The van der Waals surface area contributed by atoms with Gasteiger partial charge in [-0.05, 0) is 24.3 Å². The number of hydrogen-bond acceptors (Lipinski definition) is 3. The topological polar surface area (TPSA) is 68.5 Å². The van der Waals surface area contributed by atoms with E-state index in [1.807, 2.05) is 0 Å². The molecule has 0 aliphatic carbocycles. The predicted octanol–water partition coefficient (Wildman–Crippen LogP) is 1.76. The molecule has 0 amide bonds. The summed E-state index contributed by atoms with van der Waals surface area (Å²) in [5.74, 6) is -1.99. The number of aromatic carboxylic acids is 1. The smallest absolute Gasteiger partial charge is 0.335 e. The zero-order valence-corrected chi connectivity index (χ0v) is 10.5. The zero-order chi connectivity index (χ0) is 14.5. The van der Waals surface area contributed by atoms with Crippen LogP contribution in [0.1, 0.15) is 10.4 Å². The first-order valence-electron chi connectivity index (χ1n) is 5.89. The summed E-state index contributed by atoms with van der Waals surface area (Å²) in [5.41, 5.74) is -0.313. The van der Waals surface area contributed by atoms with Gasteiger partial charge >= 0.3 is 5.97 Å². The molecule has 0 unspecified atom stereocenters. The Morgan fingerprint density at radius 2 is 2.10 bits per heavy atom. The van der Waals surface area contributed by atoms with Crippen molar-refractivity contribution in [3.63, 3.8) is 0 Å². The van der Waals surface area contributed by atoms with Gasteiger partial charge in [0.1, 0.15) is 6.61 Å². The lowest BCUT2D eigenvalue weighted by molar-refractivity contribution is 0.0696. The third-order valence-corrected chi connectivity index (χ3v) is 2.67. The Kier molecular flexibility index (Phi) is 4.14. The highest BCUT2D eigenvalue weighted by Crippen LogP contribution is 2.18. The molecule has 0 bridgehead atoms. The molecule has 1 heterocycles. The lowest BCUT2D eigenvalue weighted by atomic mass is 10.2. The number of carboxylic acids is 1. The maximum absolute atomic E-state index is 13.6. The largest absolute Gasteiger partial charge is 0.489 e. The van der Waals surface area contributed by atoms with Crippen molar-refractivity contribution >= 4 is 5.97 Å². The molecule has 0 aliphatic heterocycles. The number of carbonyl (C=O) groups is 1. The molecule has 5 nitrogen and oxygen atoms in total. The Hall–Kier alpha value is -2.63. The lowest BCUT2D eigenvalue weighted by Gasteiger charge is -2.09. The van der Waals surface area contributed by atoms with Crippen molar-refractivity contribution in [2.24, 2.45) is 0 Å². The summed E-state index contributed by atoms with van der Waals surface area (Å²) in [6, 6.07) is 8.17. The second kappa shape index (κ2) is 6.01. The number of benzene rings is 1. The van der Waals surface area contributed by atoms with Crippen LogP contribution in [-0.2, 0) is 6.54 Å². The fourth-order valence-corrected chi connectivity index (χ4v) is 1.65. The van der Waals surface area contributed by atoms with Gasteiger partial charge in [0.25, 0.3) is 5.56 Å². The first-order chi connectivity index (χ1) is 9.58. The molecule has 20 heavy (non-hydrogen) atoms. The van der Waals surface area contributed by atoms with Gasteiger partial charge < -0.3 is 14.4 Å². The Morgan fingerprint density at radius 1 is 1.30 bits per heavy atom. The maximum atomic E-state index is 13.6. The van der Waals surface area contributed by atoms with E-state index in [0.717, 1.165) is 6.07 Å². The molecular weight excluding hydrogens is 265 g/mol. The van der Waals surface area contributed by atoms with Crippen LogP contribution < -0.4 is 10.3 Å². The molecule has 6 heteroatoms. The van der Waals surface area contributed by atoms with E-state index in [4.69, 9.17) is 9.84 Å². The fourth-order valence-electron chi connectivity index (χ4n) is 1.65. The summed E-state index contributed by atoms with van der Waals surface area (Å²) < 4.78 is 20.2. The third kappa shape index (κ3) is 3.23. The van der Waals surface area contributed by atoms with E-state index in [2.05, 4.69) is 0 Å². The van der Waals surface area contributed by atoms with Gasteiger partial charge in [0.2, 0.25) is 0 Å². The summed E-state index contributed by atoms with van der Waals surface area (Å²) in [5, 5.41) is 8.71. The molecule has 0 fully saturated rings. The average Bonchev–Trinajstić information content (AvgIpc) is 2.42. The van der Waals surface area contributed by atoms with Crippen LogP contribution in [0.2, 0.25) is 0 Å². The number of hydrogen-bond donors (Lipinski definition) is 1. The monoisotopic (exact) mass is 277 g/mol.